The second-order valence-corrected chi connectivity index (χ2v) is 10.7. The molecule has 1 aromatic rings. The van der Waals surface area contributed by atoms with Crippen molar-refractivity contribution in [2.45, 2.75) is 84.2 Å². The Hall–Kier alpha value is -2.63. The first-order valence-electron chi connectivity index (χ1n) is 12.2. The Labute approximate surface area is 195 Å². The maximum atomic E-state index is 13.6. The van der Waals surface area contributed by atoms with Crippen molar-refractivity contribution in [2.75, 3.05) is 6.79 Å². The molecule has 33 heavy (non-hydrogen) atoms. The average molecular weight is 452 g/mol. The normalized spacial score (nSPS) is 27.0. The Morgan fingerprint density at radius 2 is 1.76 bits per heavy atom. The minimum absolute atomic E-state index is 0.0657. The van der Waals surface area contributed by atoms with Crippen LogP contribution >= 0.6 is 0 Å². The number of hydrogen-bond donors (Lipinski definition) is 0. The van der Waals surface area contributed by atoms with E-state index in [0.717, 1.165) is 43.4 Å². The number of benzene rings is 1. The van der Waals surface area contributed by atoms with Crippen LogP contribution < -0.4 is 9.47 Å². The summed E-state index contributed by atoms with van der Waals surface area (Å²) in [5.41, 5.74) is 2.79. The number of aliphatic imine (C=N–C) groups is 1. The third kappa shape index (κ3) is 4.32. The summed E-state index contributed by atoms with van der Waals surface area (Å²) in [6.45, 7) is 6.26. The first-order chi connectivity index (χ1) is 15.8. The molecule has 2 aliphatic heterocycles. The molecule has 0 unspecified atom stereocenters. The van der Waals surface area contributed by atoms with Crippen LogP contribution in [-0.4, -0.2) is 30.4 Å². The van der Waals surface area contributed by atoms with Crippen molar-refractivity contribution in [2.24, 2.45) is 16.3 Å². The number of esters is 1. The summed E-state index contributed by atoms with van der Waals surface area (Å²) in [4.78, 5) is 31.9. The molecule has 6 heteroatoms. The molecule has 2 heterocycles. The maximum Gasteiger partial charge on any atom is 0.336 e. The van der Waals surface area contributed by atoms with Gasteiger partial charge in [-0.1, -0.05) is 32.8 Å². The van der Waals surface area contributed by atoms with Gasteiger partial charge in [-0.15, -0.1) is 0 Å². The van der Waals surface area contributed by atoms with Gasteiger partial charge in [-0.25, -0.2) is 4.79 Å². The van der Waals surface area contributed by atoms with E-state index in [2.05, 4.69) is 13.8 Å². The summed E-state index contributed by atoms with van der Waals surface area (Å²) in [6, 6.07) is 5.72. The number of nitrogens with zero attached hydrogens (tertiary/aromatic N) is 1. The second kappa shape index (κ2) is 8.62. The molecule has 0 N–H and O–H groups in total. The highest BCUT2D eigenvalue weighted by atomic mass is 16.7. The Morgan fingerprint density at radius 3 is 2.52 bits per heavy atom. The molecule has 0 aromatic heterocycles. The highest BCUT2D eigenvalue weighted by Gasteiger charge is 2.48. The van der Waals surface area contributed by atoms with Crippen LogP contribution in [-0.2, 0) is 14.3 Å². The fourth-order valence-electron chi connectivity index (χ4n) is 5.90. The summed E-state index contributed by atoms with van der Waals surface area (Å²) in [5, 5.41) is 0. The van der Waals surface area contributed by atoms with Crippen molar-refractivity contribution in [3.8, 4) is 11.5 Å². The minimum Gasteiger partial charge on any atom is -0.459 e. The lowest BCUT2D eigenvalue weighted by molar-refractivity contribution is -0.145. The molecule has 0 amide bonds. The van der Waals surface area contributed by atoms with Gasteiger partial charge in [0.15, 0.2) is 11.5 Å². The van der Waals surface area contributed by atoms with E-state index in [4.69, 9.17) is 19.2 Å². The molecule has 4 aliphatic rings. The van der Waals surface area contributed by atoms with Crippen molar-refractivity contribution in [3.05, 3.63) is 35.0 Å². The van der Waals surface area contributed by atoms with Gasteiger partial charge in [-0.2, -0.15) is 0 Å². The van der Waals surface area contributed by atoms with Gasteiger partial charge in [-0.05, 0) is 62.1 Å². The molecule has 0 spiro atoms. The van der Waals surface area contributed by atoms with Gasteiger partial charge in [0, 0.05) is 23.7 Å². The first kappa shape index (κ1) is 22.2. The highest BCUT2D eigenvalue weighted by Crippen LogP contribution is 2.48. The van der Waals surface area contributed by atoms with Crippen molar-refractivity contribution in [1.82, 2.24) is 0 Å². The standard InChI is InChI=1S/C27H33NO5/c1-16-23(26(30)33-18-8-6-4-5-7-9-18)24(17-10-11-21-22(12-17)32-15-31-21)25-19(28-16)13-27(2,3)14-20(25)29/h10-12,18,24-25H,4-9,13-15H2,1-3H3/t24-,25-/m0/s1. The van der Waals surface area contributed by atoms with Gasteiger partial charge in [0.2, 0.25) is 6.79 Å². The van der Waals surface area contributed by atoms with Gasteiger partial charge in [0.25, 0.3) is 0 Å². The number of Topliss-reactive ketones (excluding diaryl/α,β-unsaturated/α-hetero) is 1. The van der Waals surface area contributed by atoms with Crippen LogP contribution in [0.25, 0.3) is 0 Å². The molecule has 2 saturated carbocycles. The van der Waals surface area contributed by atoms with Crippen LogP contribution in [0.15, 0.2) is 34.5 Å². The predicted molar refractivity (Wildman–Crippen MR) is 125 cm³/mol. The van der Waals surface area contributed by atoms with Crippen molar-refractivity contribution in [1.29, 1.82) is 0 Å². The Balaban J connectivity index is 1.55. The zero-order valence-electron chi connectivity index (χ0n) is 19.8. The Kier molecular flexibility index (Phi) is 5.79. The molecule has 2 atom stereocenters. The van der Waals surface area contributed by atoms with E-state index in [1.807, 2.05) is 25.1 Å². The van der Waals surface area contributed by atoms with Crippen molar-refractivity contribution in [3.63, 3.8) is 0 Å². The third-order valence-corrected chi connectivity index (χ3v) is 7.42. The molecule has 1 aromatic carbocycles. The molecular weight excluding hydrogens is 418 g/mol. The Morgan fingerprint density at radius 1 is 1.03 bits per heavy atom. The van der Waals surface area contributed by atoms with Crippen LogP contribution in [0.5, 0.6) is 11.5 Å². The summed E-state index contributed by atoms with van der Waals surface area (Å²) >= 11 is 0. The smallest absolute Gasteiger partial charge is 0.336 e. The molecule has 0 bridgehead atoms. The summed E-state index contributed by atoms with van der Waals surface area (Å²) in [5.74, 6) is 0.271. The van der Waals surface area contributed by atoms with E-state index >= 15 is 0 Å². The van der Waals surface area contributed by atoms with Gasteiger partial charge >= 0.3 is 5.97 Å². The number of carbonyl (C=O) groups is 2. The van der Waals surface area contributed by atoms with Crippen LogP contribution in [0, 0.1) is 11.3 Å². The lowest BCUT2D eigenvalue weighted by atomic mass is 9.63. The van der Waals surface area contributed by atoms with Crippen molar-refractivity contribution < 1.29 is 23.8 Å². The van der Waals surface area contributed by atoms with E-state index in [9.17, 15) is 9.59 Å². The molecule has 176 valence electrons. The topological polar surface area (TPSA) is 74.2 Å². The fourth-order valence-corrected chi connectivity index (χ4v) is 5.90. The third-order valence-electron chi connectivity index (χ3n) is 7.42. The van der Waals surface area contributed by atoms with E-state index in [0.29, 0.717) is 29.2 Å². The van der Waals surface area contributed by atoms with Crippen LogP contribution in [0.1, 0.15) is 83.6 Å². The monoisotopic (exact) mass is 451 g/mol. The first-order valence-corrected chi connectivity index (χ1v) is 12.2. The van der Waals surface area contributed by atoms with Crippen molar-refractivity contribution >= 4 is 17.5 Å². The number of ether oxygens (including phenoxy) is 3. The van der Waals surface area contributed by atoms with Gasteiger partial charge in [0.1, 0.15) is 11.9 Å². The van der Waals surface area contributed by atoms with E-state index in [1.165, 1.54) is 12.8 Å². The maximum absolute atomic E-state index is 13.6. The number of hydrogen-bond acceptors (Lipinski definition) is 6. The molecule has 2 fully saturated rings. The van der Waals surface area contributed by atoms with Gasteiger partial charge in [0.05, 0.1) is 11.5 Å². The zero-order valence-corrected chi connectivity index (χ0v) is 19.8. The predicted octanol–water partition coefficient (Wildman–Crippen LogP) is 5.50. The largest absolute Gasteiger partial charge is 0.459 e. The molecule has 5 rings (SSSR count). The van der Waals surface area contributed by atoms with E-state index in [-0.39, 0.29) is 30.1 Å². The number of rotatable bonds is 3. The second-order valence-electron chi connectivity index (χ2n) is 10.7. The molecule has 2 aliphatic carbocycles. The molecule has 0 radical (unpaired) electrons. The summed E-state index contributed by atoms with van der Waals surface area (Å²) < 4.78 is 17.1. The van der Waals surface area contributed by atoms with Gasteiger partial charge < -0.3 is 14.2 Å². The Bertz CT molecular complexity index is 1030. The number of carbonyl (C=O) groups excluding carboxylic acids is 2. The van der Waals surface area contributed by atoms with Crippen LogP contribution in [0.2, 0.25) is 0 Å². The summed E-state index contributed by atoms with van der Waals surface area (Å²) in [7, 11) is 0. The van der Waals surface area contributed by atoms with E-state index < -0.39 is 11.8 Å². The quantitative estimate of drug-likeness (QED) is 0.448. The minimum atomic E-state index is -0.446. The van der Waals surface area contributed by atoms with Crippen LogP contribution in [0.3, 0.4) is 0 Å². The molecule has 0 saturated heterocycles. The number of allylic oxidation sites excluding steroid dienone is 1. The lowest BCUT2D eigenvalue weighted by Gasteiger charge is -2.41. The van der Waals surface area contributed by atoms with Gasteiger partial charge in [-0.3, -0.25) is 9.79 Å². The van der Waals surface area contributed by atoms with Crippen LogP contribution in [0.4, 0.5) is 0 Å². The average Bonchev–Trinajstić information content (AvgIpc) is 3.07. The number of ketones is 1. The SMILES string of the molecule is CC1=C(C(=O)OC2CCCCCC2)[C@H](c2ccc3c(c2)OCO3)[C@@H]2C(=O)CC(C)(C)CC2=N1. The fraction of sp³-hybridized carbons (Fsp3) is 0.593. The summed E-state index contributed by atoms with van der Waals surface area (Å²) in [6.07, 6.45) is 7.50. The molecular formula is C27H33NO5. The lowest BCUT2D eigenvalue weighted by Crippen LogP contribution is -2.44. The van der Waals surface area contributed by atoms with E-state index in [1.54, 1.807) is 0 Å². The molecule has 6 nitrogen and oxygen atoms in total. The zero-order chi connectivity index (χ0) is 23.2. The highest BCUT2D eigenvalue weighted by molar-refractivity contribution is 6.12. The number of fused-ring (bicyclic) bond motifs is 2.